The lowest BCUT2D eigenvalue weighted by atomic mass is 10.1. The van der Waals surface area contributed by atoms with E-state index >= 15 is 0 Å². The van der Waals surface area contributed by atoms with E-state index < -0.39 is 0 Å². The van der Waals surface area contributed by atoms with Gasteiger partial charge in [-0.15, -0.1) is 0 Å². The zero-order valence-electron chi connectivity index (χ0n) is 14.8. The van der Waals surface area contributed by atoms with Gasteiger partial charge < -0.3 is 19.7 Å². The van der Waals surface area contributed by atoms with Crippen molar-refractivity contribution in [2.24, 2.45) is 0 Å². The summed E-state index contributed by atoms with van der Waals surface area (Å²) in [7, 11) is 0. The number of carbonyl (C=O) groups excluding carboxylic acids is 1. The Morgan fingerprint density at radius 1 is 1.36 bits per heavy atom. The lowest BCUT2D eigenvalue weighted by Crippen LogP contribution is -2.37. The molecule has 1 aromatic carbocycles. The van der Waals surface area contributed by atoms with Gasteiger partial charge in [0.1, 0.15) is 6.26 Å². The largest absolute Gasteiger partial charge is 0.444 e. The molecule has 3 rings (SSSR count). The van der Waals surface area contributed by atoms with Crippen LogP contribution in [0.5, 0.6) is 0 Å². The van der Waals surface area contributed by atoms with E-state index in [0.717, 1.165) is 41.8 Å². The van der Waals surface area contributed by atoms with Crippen molar-refractivity contribution in [1.82, 2.24) is 9.88 Å². The summed E-state index contributed by atoms with van der Waals surface area (Å²) in [5.74, 6) is 0.563. The van der Waals surface area contributed by atoms with E-state index in [4.69, 9.17) is 9.52 Å². The molecule has 0 bridgehead atoms. The first kappa shape index (κ1) is 17.5. The zero-order valence-corrected chi connectivity index (χ0v) is 14.8. The van der Waals surface area contributed by atoms with Crippen LogP contribution in [0.25, 0.3) is 11.5 Å². The molecule has 1 aromatic heterocycles. The molecule has 0 saturated heterocycles. The van der Waals surface area contributed by atoms with Crippen molar-refractivity contribution in [1.29, 1.82) is 0 Å². The molecule has 1 heterocycles. The monoisotopic (exact) mass is 343 g/mol. The Bertz CT molecular complexity index is 737. The van der Waals surface area contributed by atoms with E-state index in [1.807, 2.05) is 36.9 Å². The summed E-state index contributed by atoms with van der Waals surface area (Å²) in [6, 6.07) is 6.00. The predicted octanol–water partition coefficient (Wildman–Crippen LogP) is 3.73. The predicted molar refractivity (Wildman–Crippen MR) is 96.5 cm³/mol. The Morgan fingerprint density at radius 2 is 2.16 bits per heavy atom. The van der Waals surface area contributed by atoms with Crippen molar-refractivity contribution in [3.05, 3.63) is 35.7 Å². The van der Waals surface area contributed by atoms with Crippen molar-refractivity contribution < 1.29 is 14.3 Å². The molecule has 1 aliphatic carbocycles. The second kappa shape index (κ2) is 7.70. The minimum Gasteiger partial charge on any atom is -0.444 e. The number of aromatic nitrogens is 1. The number of hydrogen-bond acceptors (Lipinski definition) is 4. The van der Waals surface area contributed by atoms with Crippen molar-refractivity contribution in [3.63, 3.8) is 0 Å². The fourth-order valence-electron chi connectivity index (χ4n) is 2.83. The lowest BCUT2D eigenvalue weighted by Gasteiger charge is -2.23. The molecule has 0 atom stereocenters. The van der Waals surface area contributed by atoms with Crippen LogP contribution >= 0.6 is 0 Å². The first-order valence-electron chi connectivity index (χ1n) is 8.80. The number of aliphatic hydroxyl groups is 1. The number of rotatable bonds is 7. The average molecular weight is 343 g/mol. The van der Waals surface area contributed by atoms with Crippen LogP contribution in [-0.2, 0) is 0 Å². The Labute approximate surface area is 147 Å². The molecule has 134 valence electrons. The van der Waals surface area contributed by atoms with E-state index in [0.29, 0.717) is 24.9 Å². The summed E-state index contributed by atoms with van der Waals surface area (Å²) in [4.78, 5) is 18.9. The summed E-state index contributed by atoms with van der Waals surface area (Å²) in [6.45, 7) is 4.71. The molecule has 2 amide bonds. The van der Waals surface area contributed by atoms with Gasteiger partial charge >= 0.3 is 6.03 Å². The van der Waals surface area contributed by atoms with E-state index in [2.05, 4.69) is 10.3 Å². The van der Waals surface area contributed by atoms with Gasteiger partial charge in [0, 0.05) is 30.4 Å². The number of urea groups is 1. The van der Waals surface area contributed by atoms with E-state index in [1.54, 1.807) is 6.26 Å². The summed E-state index contributed by atoms with van der Waals surface area (Å²) in [5.41, 5.74) is 3.48. The van der Waals surface area contributed by atoms with E-state index in [9.17, 15) is 4.79 Å². The quantitative estimate of drug-likeness (QED) is 0.751. The topological polar surface area (TPSA) is 78.6 Å². The Balaban J connectivity index is 1.72. The number of benzene rings is 1. The lowest BCUT2D eigenvalue weighted by molar-refractivity contribution is 0.204. The number of nitrogens with zero attached hydrogens (tertiary/aromatic N) is 2. The minimum atomic E-state index is -0.0844. The van der Waals surface area contributed by atoms with Crippen LogP contribution in [0.2, 0.25) is 0 Å². The molecule has 0 spiro atoms. The first-order chi connectivity index (χ1) is 12.1. The number of nitrogens with one attached hydrogen (secondary N) is 1. The van der Waals surface area contributed by atoms with Gasteiger partial charge in [-0.05, 0) is 57.2 Å². The number of hydrogen-bond donors (Lipinski definition) is 2. The minimum absolute atomic E-state index is 0.0844. The van der Waals surface area contributed by atoms with Crippen molar-refractivity contribution in [2.75, 3.05) is 18.5 Å². The molecular weight excluding hydrogens is 318 g/mol. The maximum Gasteiger partial charge on any atom is 0.322 e. The third-order valence-corrected chi connectivity index (χ3v) is 4.39. The van der Waals surface area contributed by atoms with Crippen LogP contribution in [-0.4, -0.2) is 40.2 Å². The molecule has 6 nitrogen and oxygen atoms in total. The van der Waals surface area contributed by atoms with Gasteiger partial charge in [-0.2, -0.15) is 0 Å². The van der Waals surface area contributed by atoms with Crippen LogP contribution in [0, 0.1) is 13.8 Å². The Kier molecular flexibility index (Phi) is 5.38. The van der Waals surface area contributed by atoms with Crippen LogP contribution in [0.1, 0.15) is 36.9 Å². The van der Waals surface area contributed by atoms with Gasteiger partial charge in [-0.3, -0.25) is 0 Å². The molecule has 1 fully saturated rings. The maximum absolute atomic E-state index is 12.6. The SMILES string of the molecule is Cc1coc(-c2cc(NC(=O)N(CCCCO)C3CC3)ccc2C)n1. The fraction of sp³-hybridized carbons (Fsp3) is 0.474. The van der Waals surface area contributed by atoms with Gasteiger partial charge in [-0.1, -0.05) is 6.07 Å². The second-order valence-electron chi connectivity index (χ2n) is 6.61. The number of anilines is 1. The van der Waals surface area contributed by atoms with Crippen LogP contribution < -0.4 is 5.32 Å². The Hall–Kier alpha value is -2.34. The van der Waals surface area contributed by atoms with Crippen molar-refractivity contribution >= 4 is 11.7 Å². The number of amides is 2. The molecule has 1 saturated carbocycles. The fourth-order valence-corrected chi connectivity index (χ4v) is 2.83. The zero-order chi connectivity index (χ0) is 17.8. The van der Waals surface area contributed by atoms with Crippen LogP contribution in [0.4, 0.5) is 10.5 Å². The average Bonchev–Trinajstić information content (AvgIpc) is 3.34. The molecule has 2 aromatic rings. The molecule has 1 aliphatic rings. The maximum atomic E-state index is 12.6. The number of carbonyl (C=O) groups is 1. The molecule has 2 N–H and O–H groups in total. The molecule has 0 unspecified atom stereocenters. The molecule has 0 aliphatic heterocycles. The molecule has 25 heavy (non-hydrogen) atoms. The van der Waals surface area contributed by atoms with Crippen LogP contribution in [0.3, 0.4) is 0 Å². The normalized spacial score (nSPS) is 13.7. The van der Waals surface area contributed by atoms with Gasteiger partial charge in [0.2, 0.25) is 5.89 Å². The number of aryl methyl sites for hydroxylation is 2. The summed E-state index contributed by atoms with van der Waals surface area (Å²) in [6.07, 6.45) is 5.27. The Morgan fingerprint density at radius 3 is 2.80 bits per heavy atom. The van der Waals surface area contributed by atoms with Crippen molar-refractivity contribution in [3.8, 4) is 11.5 Å². The third kappa shape index (κ3) is 4.39. The summed E-state index contributed by atoms with van der Waals surface area (Å²) < 4.78 is 5.49. The smallest absolute Gasteiger partial charge is 0.322 e. The highest BCUT2D eigenvalue weighted by Gasteiger charge is 2.32. The van der Waals surface area contributed by atoms with E-state index in [-0.39, 0.29) is 12.6 Å². The standard InChI is InChI=1S/C19H25N3O3/c1-13-5-6-15(11-17(13)18-20-14(2)12-25-18)21-19(24)22(16-7-8-16)9-3-4-10-23/h5-6,11-12,16,23H,3-4,7-10H2,1-2H3,(H,21,24). The summed E-state index contributed by atoms with van der Waals surface area (Å²) in [5, 5.41) is 11.9. The molecule has 0 radical (unpaired) electrons. The second-order valence-corrected chi connectivity index (χ2v) is 6.61. The molecule has 6 heteroatoms. The number of aliphatic hydroxyl groups excluding tert-OH is 1. The number of unbranched alkanes of at least 4 members (excludes halogenated alkanes) is 1. The van der Waals surface area contributed by atoms with Gasteiger partial charge in [0.15, 0.2) is 0 Å². The highest BCUT2D eigenvalue weighted by Crippen LogP contribution is 2.29. The van der Waals surface area contributed by atoms with Crippen molar-refractivity contribution in [2.45, 2.75) is 45.6 Å². The first-order valence-corrected chi connectivity index (χ1v) is 8.80. The van der Waals surface area contributed by atoms with Gasteiger partial charge in [-0.25, -0.2) is 9.78 Å². The molecular formula is C19H25N3O3. The van der Waals surface area contributed by atoms with Gasteiger partial charge in [0.05, 0.1) is 5.69 Å². The summed E-state index contributed by atoms with van der Waals surface area (Å²) >= 11 is 0. The number of oxazole rings is 1. The van der Waals surface area contributed by atoms with Crippen LogP contribution in [0.15, 0.2) is 28.9 Å². The highest BCUT2D eigenvalue weighted by molar-refractivity contribution is 5.90. The third-order valence-electron chi connectivity index (χ3n) is 4.39. The van der Waals surface area contributed by atoms with E-state index in [1.165, 1.54) is 0 Å². The van der Waals surface area contributed by atoms with Gasteiger partial charge in [0.25, 0.3) is 0 Å². The highest BCUT2D eigenvalue weighted by atomic mass is 16.3.